The molecule has 3 rings (SSSR count). The van der Waals surface area contributed by atoms with E-state index in [9.17, 15) is 13.2 Å². The van der Waals surface area contributed by atoms with Crippen LogP contribution < -0.4 is 4.72 Å². The van der Waals surface area contributed by atoms with Gasteiger partial charge in [0, 0.05) is 17.4 Å². The summed E-state index contributed by atoms with van der Waals surface area (Å²) in [4.78, 5) is 16.5. The number of rotatable bonds is 4. The third-order valence-corrected chi connectivity index (χ3v) is 4.25. The Balaban J connectivity index is 2.16. The zero-order chi connectivity index (χ0) is 18.0. The third-order valence-electron chi connectivity index (χ3n) is 3.37. The van der Waals surface area contributed by atoms with Crippen LogP contribution in [0.4, 0.5) is 0 Å². The van der Waals surface area contributed by atoms with Crippen LogP contribution in [0, 0.1) is 0 Å². The monoisotopic (exact) mass is 375 g/mol. The second-order valence-electron chi connectivity index (χ2n) is 5.34. The fraction of sp³-hybridized carbons (Fsp3) is 0.0588. The summed E-state index contributed by atoms with van der Waals surface area (Å²) in [6.45, 7) is 0. The molecule has 128 valence electrons. The molecule has 0 radical (unpaired) electrons. The quantitative estimate of drug-likeness (QED) is 0.760. The van der Waals surface area contributed by atoms with Crippen LogP contribution in [0.25, 0.3) is 17.1 Å². The van der Waals surface area contributed by atoms with Gasteiger partial charge in [0.05, 0.1) is 11.3 Å². The van der Waals surface area contributed by atoms with Crippen LogP contribution in [0.1, 0.15) is 10.5 Å². The summed E-state index contributed by atoms with van der Waals surface area (Å²) in [5.74, 6) is -0.360. The first-order valence-corrected chi connectivity index (χ1v) is 9.54. The molecule has 0 aliphatic carbocycles. The normalized spacial score (nSPS) is 11.3. The molecule has 0 bridgehead atoms. The average molecular weight is 376 g/mol. The van der Waals surface area contributed by atoms with Gasteiger partial charge in [-0.15, -0.1) is 0 Å². The van der Waals surface area contributed by atoms with Crippen LogP contribution >= 0.6 is 11.6 Å². The van der Waals surface area contributed by atoms with E-state index < -0.39 is 15.9 Å². The zero-order valence-corrected chi connectivity index (χ0v) is 14.8. The van der Waals surface area contributed by atoms with Gasteiger partial charge in [-0.1, -0.05) is 41.9 Å². The van der Waals surface area contributed by atoms with Crippen molar-refractivity contribution in [2.45, 2.75) is 0 Å². The highest BCUT2D eigenvalue weighted by Gasteiger charge is 2.20. The van der Waals surface area contributed by atoms with E-state index in [1.54, 1.807) is 22.8 Å². The van der Waals surface area contributed by atoms with E-state index in [2.05, 4.69) is 4.98 Å². The molecule has 3 aromatic rings. The van der Waals surface area contributed by atoms with Crippen LogP contribution in [0.2, 0.25) is 5.02 Å². The molecular weight excluding hydrogens is 362 g/mol. The van der Waals surface area contributed by atoms with Gasteiger partial charge in [-0.25, -0.2) is 18.1 Å². The third kappa shape index (κ3) is 3.89. The molecule has 8 heteroatoms. The predicted octanol–water partition coefficient (Wildman–Crippen LogP) is 2.88. The van der Waals surface area contributed by atoms with E-state index in [-0.39, 0.29) is 5.69 Å². The highest BCUT2D eigenvalue weighted by molar-refractivity contribution is 7.89. The standard InChI is InChI=1S/C17H14ClN3O3S/c1-25(23,24)20-17(22)15-11-21(12-7-3-2-4-8-12)16(19-15)13-9-5-6-10-14(13)18/h2-11H,1H3,(H,20,22). The summed E-state index contributed by atoms with van der Waals surface area (Å²) in [7, 11) is -3.69. The Hall–Kier alpha value is -2.64. The maximum absolute atomic E-state index is 12.2. The molecule has 0 aliphatic rings. The van der Waals surface area contributed by atoms with Crippen molar-refractivity contribution in [1.29, 1.82) is 0 Å². The molecule has 0 atom stereocenters. The number of carbonyl (C=O) groups is 1. The Morgan fingerprint density at radius 2 is 1.72 bits per heavy atom. The first-order valence-electron chi connectivity index (χ1n) is 7.27. The lowest BCUT2D eigenvalue weighted by Crippen LogP contribution is -2.29. The minimum atomic E-state index is -3.69. The van der Waals surface area contributed by atoms with Gasteiger partial charge in [-0.05, 0) is 24.3 Å². The van der Waals surface area contributed by atoms with Gasteiger partial charge in [-0.2, -0.15) is 0 Å². The number of sulfonamides is 1. The van der Waals surface area contributed by atoms with Crippen LogP contribution in [0.15, 0.2) is 60.8 Å². The second kappa shape index (κ2) is 6.70. The Morgan fingerprint density at radius 3 is 2.36 bits per heavy atom. The van der Waals surface area contributed by atoms with Gasteiger partial charge in [0.1, 0.15) is 11.5 Å². The molecule has 0 saturated carbocycles. The van der Waals surface area contributed by atoms with Gasteiger partial charge in [-0.3, -0.25) is 9.36 Å². The molecule has 0 unspecified atom stereocenters. The fourth-order valence-electron chi connectivity index (χ4n) is 2.33. The summed E-state index contributed by atoms with van der Waals surface area (Å²) in [5, 5.41) is 0.473. The smallest absolute Gasteiger partial charge is 0.284 e. The molecule has 0 fully saturated rings. The zero-order valence-electron chi connectivity index (χ0n) is 13.2. The molecular formula is C17H14ClN3O3S. The molecule has 1 aromatic heterocycles. The number of nitrogens with zero attached hydrogens (tertiary/aromatic N) is 2. The number of para-hydroxylation sites is 1. The molecule has 1 amide bonds. The fourth-order valence-corrected chi connectivity index (χ4v) is 2.99. The molecule has 0 aliphatic heterocycles. The lowest BCUT2D eigenvalue weighted by atomic mass is 10.2. The predicted molar refractivity (Wildman–Crippen MR) is 96.3 cm³/mol. The van der Waals surface area contributed by atoms with E-state index in [0.717, 1.165) is 11.9 Å². The summed E-state index contributed by atoms with van der Waals surface area (Å²) < 4.78 is 26.2. The number of nitrogens with one attached hydrogen (secondary N) is 1. The van der Waals surface area contributed by atoms with Gasteiger partial charge >= 0.3 is 0 Å². The van der Waals surface area contributed by atoms with E-state index in [1.165, 1.54) is 6.20 Å². The Bertz CT molecular complexity index is 1030. The van der Waals surface area contributed by atoms with Crippen molar-refractivity contribution in [3.63, 3.8) is 0 Å². The van der Waals surface area contributed by atoms with Gasteiger partial charge < -0.3 is 0 Å². The van der Waals surface area contributed by atoms with Crippen molar-refractivity contribution >= 4 is 27.5 Å². The largest absolute Gasteiger partial charge is 0.299 e. The number of hydrogen-bond donors (Lipinski definition) is 1. The van der Waals surface area contributed by atoms with Gasteiger partial charge in [0.25, 0.3) is 5.91 Å². The average Bonchev–Trinajstić information content (AvgIpc) is 3.00. The van der Waals surface area contributed by atoms with E-state index in [1.807, 2.05) is 41.1 Å². The molecule has 25 heavy (non-hydrogen) atoms. The Labute approximate surface area is 150 Å². The second-order valence-corrected chi connectivity index (χ2v) is 7.49. The molecule has 1 heterocycles. The molecule has 0 spiro atoms. The van der Waals surface area contributed by atoms with E-state index >= 15 is 0 Å². The van der Waals surface area contributed by atoms with Crippen molar-refractivity contribution in [3.05, 3.63) is 71.5 Å². The maximum atomic E-state index is 12.2. The van der Waals surface area contributed by atoms with Gasteiger partial charge in [0.2, 0.25) is 10.0 Å². The summed E-state index contributed by atoms with van der Waals surface area (Å²) in [6.07, 6.45) is 2.39. The minimum Gasteiger partial charge on any atom is -0.299 e. The lowest BCUT2D eigenvalue weighted by Gasteiger charge is -2.08. The number of carbonyl (C=O) groups excluding carboxylic acids is 1. The minimum absolute atomic E-state index is 0.0239. The number of benzene rings is 2. The number of halogens is 1. The molecule has 6 nitrogen and oxygen atoms in total. The number of hydrogen-bond acceptors (Lipinski definition) is 4. The highest BCUT2D eigenvalue weighted by Crippen LogP contribution is 2.29. The van der Waals surface area contributed by atoms with Crippen molar-refractivity contribution in [3.8, 4) is 17.1 Å². The van der Waals surface area contributed by atoms with E-state index in [4.69, 9.17) is 11.6 Å². The van der Waals surface area contributed by atoms with Gasteiger partial charge in [0.15, 0.2) is 0 Å². The molecule has 2 aromatic carbocycles. The van der Waals surface area contributed by atoms with Crippen LogP contribution in [0.5, 0.6) is 0 Å². The lowest BCUT2D eigenvalue weighted by molar-refractivity contribution is 0.0977. The number of aromatic nitrogens is 2. The first-order chi connectivity index (χ1) is 11.8. The number of amides is 1. The van der Waals surface area contributed by atoms with Crippen molar-refractivity contribution in [1.82, 2.24) is 14.3 Å². The number of imidazole rings is 1. The summed E-state index contributed by atoms with van der Waals surface area (Å²) in [5.41, 5.74) is 1.37. The van der Waals surface area contributed by atoms with Crippen LogP contribution in [-0.2, 0) is 10.0 Å². The van der Waals surface area contributed by atoms with Crippen molar-refractivity contribution in [2.24, 2.45) is 0 Å². The van der Waals surface area contributed by atoms with Crippen molar-refractivity contribution in [2.75, 3.05) is 6.26 Å². The van der Waals surface area contributed by atoms with E-state index in [0.29, 0.717) is 16.4 Å². The SMILES string of the molecule is CS(=O)(=O)NC(=O)c1cn(-c2ccccc2)c(-c2ccccc2Cl)n1. The van der Waals surface area contributed by atoms with Crippen LogP contribution in [0.3, 0.4) is 0 Å². The Kier molecular flexibility index (Phi) is 4.61. The topological polar surface area (TPSA) is 81.1 Å². The first kappa shape index (κ1) is 17.2. The van der Waals surface area contributed by atoms with Crippen LogP contribution in [-0.4, -0.2) is 30.1 Å². The highest BCUT2D eigenvalue weighted by atomic mass is 35.5. The summed E-state index contributed by atoms with van der Waals surface area (Å²) >= 11 is 6.26. The Morgan fingerprint density at radius 1 is 1.08 bits per heavy atom. The summed E-state index contributed by atoms with van der Waals surface area (Å²) in [6, 6.07) is 16.4. The van der Waals surface area contributed by atoms with Crippen molar-refractivity contribution < 1.29 is 13.2 Å². The molecule has 0 saturated heterocycles. The molecule has 1 N–H and O–H groups in total. The maximum Gasteiger partial charge on any atom is 0.284 e.